The first kappa shape index (κ1) is 11.3. The van der Waals surface area contributed by atoms with Gasteiger partial charge in [0.2, 0.25) is 0 Å². The monoisotopic (exact) mass is 259 g/mol. The molecule has 0 spiro atoms. The van der Waals surface area contributed by atoms with Crippen LogP contribution in [0.3, 0.4) is 0 Å². The summed E-state index contributed by atoms with van der Waals surface area (Å²) in [6.07, 6.45) is -0.0518. The van der Waals surface area contributed by atoms with Crippen LogP contribution in [0.5, 0.6) is 0 Å². The minimum absolute atomic E-state index is 0.154. The molecular weight excluding hydrogens is 246 g/mol. The van der Waals surface area contributed by atoms with E-state index in [1.807, 2.05) is 35.0 Å². The number of amides is 1. The van der Waals surface area contributed by atoms with Gasteiger partial charge in [0.05, 0.1) is 6.04 Å². The smallest absolute Gasteiger partial charge is 0.408 e. The second-order valence-corrected chi connectivity index (χ2v) is 5.16. The summed E-state index contributed by atoms with van der Waals surface area (Å²) < 4.78 is 0. The maximum atomic E-state index is 11.4. The average Bonchev–Trinajstić information content (AvgIpc) is 2.90. The molecule has 0 saturated heterocycles. The fourth-order valence-corrected chi connectivity index (χ4v) is 3.24. The van der Waals surface area contributed by atoms with Crippen LogP contribution < -0.4 is 0 Å². The molecule has 0 fully saturated rings. The minimum atomic E-state index is -0.847. The molecule has 0 saturated carbocycles. The molecular formula is C14H13NO2S. The van der Waals surface area contributed by atoms with E-state index in [-0.39, 0.29) is 6.04 Å². The summed E-state index contributed by atoms with van der Waals surface area (Å²) in [4.78, 5) is 12.9. The topological polar surface area (TPSA) is 40.5 Å². The van der Waals surface area contributed by atoms with E-state index >= 15 is 0 Å². The van der Waals surface area contributed by atoms with E-state index in [1.165, 1.54) is 10.5 Å². The summed E-state index contributed by atoms with van der Waals surface area (Å²) in [6, 6.07) is 9.97. The molecule has 1 aliphatic heterocycles. The van der Waals surface area contributed by atoms with E-state index in [9.17, 15) is 9.90 Å². The van der Waals surface area contributed by atoms with Crippen LogP contribution in [0.15, 0.2) is 41.1 Å². The molecule has 1 N–H and O–H groups in total. The lowest BCUT2D eigenvalue weighted by Crippen LogP contribution is -2.39. The van der Waals surface area contributed by atoms with E-state index < -0.39 is 6.09 Å². The molecule has 3 rings (SSSR count). The Morgan fingerprint density at radius 3 is 2.89 bits per heavy atom. The van der Waals surface area contributed by atoms with Crippen LogP contribution in [0.1, 0.15) is 22.7 Å². The SMILES string of the molecule is O=C(O)N1CCc2ccccc2C1c1ccsc1. The Kier molecular flexibility index (Phi) is 2.80. The molecule has 92 valence electrons. The van der Waals surface area contributed by atoms with Crippen molar-refractivity contribution in [2.24, 2.45) is 0 Å². The molecule has 0 radical (unpaired) electrons. The zero-order valence-corrected chi connectivity index (χ0v) is 10.6. The highest BCUT2D eigenvalue weighted by atomic mass is 32.1. The molecule has 3 nitrogen and oxygen atoms in total. The van der Waals surface area contributed by atoms with Crippen molar-refractivity contribution in [3.8, 4) is 0 Å². The first-order valence-corrected chi connectivity index (χ1v) is 6.81. The van der Waals surface area contributed by atoms with Crippen molar-refractivity contribution in [1.82, 2.24) is 4.90 Å². The van der Waals surface area contributed by atoms with Crippen molar-refractivity contribution in [3.63, 3.8) is 0 Å². The van der Waals surface area contributed by atoms with Gasteiger partial charge < -0.3 is 5.11 Å². The predicted octanol–water partition coefficient (Wildman–Crippen LogP) is 3.37. The van der Waals surface area contributed by atoms with Gasteiger partial charge in [-0.2, -0.15) is 11.3 Å². The number of thiophene rings is 1. The van der Waals surface area contributed by atoms with E-state index in [4.69, 9.17) is 0 Å². The third-order valence-corrected chi connectivity index (χ3v) is 4.09. The van der Waals surface area contributed by atoms with Crippen molar-refractivity contribution in [2.75, 3.05) is 6.54 Å². The highest BCUT2D eigenvalue weighted by molar-refractivity contribution is 7.08. The first-order chi connectivity index (χ1) is 8.77. The molecule has 0 aliphatic carbocycles. The summed E-state index contributed by atoms with van der Waals surface area (Å²) in [7, 11) is 0. The van der Waals surface area contributed by atoms with E-state index in [2.05, 4.69) is 6.07 Å². The molecule has 1 atom stereocenters. The molecule has 1 aromatic heterocycles. The van der Waals surface area contributed by atoms with Gasteiger partial charge in [-0.3, -0.25) is 4.90 Å². The van der Waals surface area contributed by atoms with Crippen molar-refractivity contribution < 1.29 is 9.90 Å². The standard InChI is InChI=1S/C14H13NO2S/c16-14(17)15-7-5-10-3-1-2-4-12(10)13(15)11-6-8-18-9-11/h1-4,6,8-9,13H,5,7H2,(H,16,17). The van der Waals surface area contributed by atoms with Gasteiger partial charge in [-0.1, -0.05) is 24.3 Å². The fraction of sp³-hybridized carbons (Fsp3) is 0.214. The number of hydrogen-bond acceptors (Lipinski definition) is 2. The summed E-state index contributed by atoms with van der Waals surface area (Å²) in [6.45, 7) is 0.562. The molecule has 18 heavy (non-hydrogen) atoms. The minimum Gasteiger partial charge on any atom is -0.465 e. The van der Waals surface area contributed by atoms with Crippen LogP contribution in [0.4, 0.5) is 4.79 Å². The molecule has 1 aromatic carbocycles. The Bertz CT molecular complexity index is 565. The maximum absolute atomic E-state index is 11.4. The third kappa shape index (κ3) is 1.78. The Hall–Kier alpha value is -1.81. The van der Waals surface area contributed by atoms with Crippen LogP contribution in [-0.2, 0) is 6.42 Å². The van der Waals surface area contributed by atoms with Gasteiger partial charge in [0.15, 0.2) is 0 Å². The van der Waals surface area contributed by atoms with Crippen LogP contribution in [0.25, 0.3) is 0 Å². The van der Waals surface area contributed by atoms with Gasteiger partial charge in [-0.25, -0.2) is 4.79 Å². The molecule has 2 heterocycles. The van der Waals surface area contributed by atoms with Crippen LogP contribution in [0.2, 0.25) is 0 Å². The first-order valence-electron chi connectivity index (χ1n) is 5.87. The van der Waals surface area contributed by atoms with Crippen molar-refractivity contribution in [3.05, 3.63) is 57.8 Å². The number of carboxylic acid groups (broad SMARTS) is 1. The van der Waals surface area contributed by atoms with Gasteiger partial charge in [-0.15, -0.1) is 0 Å². The van der Waals surface area contributed by atoms with Crippen molar-refractivity contribution >= 4 is 17.4 Å². The summed E-state index contributed by atoms with van der Waals surface area (Å²) in [5.74, 6) is 0. The predicted molar refractivity (Wildman–Crippen MR) is 71.0 cm³/mol. The van der Waals surface area contributed by atoms with Crippen molar-refractivity contribution in [2.45, 2.75) is 12.5 Å². The lowest BCUT2D eigenvalue weighted by molar-refractivity contribution is 0.129. The lowest BCUT2D eigenvalue weighted by atomic mass is 9.90. The summed E-state index contributed by atoms with van der Waals surface area (Å²) >= 11 is 1.60. The fourth-order valence-electron chi connectivity index (χ4n) is 2.56. The number of hydrogen-bond donors (Lipinski definition) is 1. The second kappa shape index (κ2) is 4.46. The molecule has 1 unspecified atom stereocenters. The maximum Gasteiger partial charge on any atom is 0.408 e. The number of nitrogens with zero attached hydrogens (tertiary/aromatic N) is 1. The van der Waals surface area contributed by atoms with E-state index in [0.29, 0.717) is 6.54 Å². The normalized spacial score (nSPS) is 18.4. The van der Waals surface area contributed by atoms with Crippen molar-refractivity contribution in [1.29, 1.82) is 0 Å². The average molecular weight is 259 g/mol. The Labute approximate surface area is 109 Å². The molecule has 1 aliphatic rings. The third-order valence-electron chi connectivity index (χ3n) is 3.39. The van der Waals surface area contributed by atoms with Gasteiger partial charge in [0.25, 0.3) is 0 Å². The van der Waals surface area contributed by atoms with Crippen LogP contribution >= 0.6 is 11.3 Å². The molecule has 1 amide bonds. The Morgan fingerprint density at radius 1 is 1.33 bits per heavy atom. The summed E-state index contributed by atoms with van der Waals surface area (Å²) in [5, 5.41) is 13.4. The number of carbonyl (C=O) groups is 1. The zero-order chi connectivity index (χ0) is 12.5. The number of benzene rings is 1. The highest BCUT2D eigenvalue weighted by Crippen LogP contribution is 2.35. The van der Waals surface area contributed by atoms with E-state index in [1.54, 1.807) is 11.3 Å². The number of rotatable bonds is 1. The van der Waals surface area contributed by atoms with E-state index in [0.717, 1.165) is 17.5 Å². The summed E-state index contributed by atoms with van der Waals surface area (Å²) in [5.41, 5.74) is 3.44. The molecule has 4 heteroatoms. The second-order valence-electron chi connectivity index (χ2n) is 4.38. The van der Waals surface area contributed by atoms with Gasteiger partial charge in [-0.05, 0) is 39.9 Å². The highest BCUT2D eigenvalue weighted by Gasteiger charge is 2.31. The molecule has 0 bridgehead atoms. The number of fused-ring (bicyclic) bond motifs is 1. The van der Waals surface area contributed by atoms with Gasteiger partial charge in [0, 0.05) is 6.54 Å². The van der Waals surface area contributed by atoms with Crippen LogP contribution in [-0.4, -0.2) is 22.6 Å². The quantitative estimate of drug-likeness (QED) is 0.853. The van der Waals surface area contributed by atoms with Gasteiger partial charge >= 0.3 is 6.09 Å². The van der Waals surface area contributed by atoms with Crippen LogP contribution in [0, 0.1) is 0 Å². The zero-order valence-electron chi connectivity index (χ0n) is 9.74. The Morgan fingerprint density at radius 2 is 2.17 bits per heavy atom. The Balaban J connectivity index is 2.12. The lowest BCUT2D eigenvalue weighted by Gasteiger charge is -2.35. The molecule has 2 aromatic rings. The largest absolute Gasteiger partial charge is 0.465 e. The van der Waals surface area contributed by atoms with Gasteiger partial charge in [0.1, 0.15) is 0 Å².